The number of nitrogens with one attached hydrogen (secondary N) is 2. The first-order valence-electron chi connectivity index (χ1n) is 8.39. The van der Waals surface area contributed by atoms with Crippen LogP contribution in [0.1, 0.15) is 38.5 Å². The second kappa shape index (κ2) is 6.96. The van der Waals surface area contributed by atoms with Crippen LogP contribution in [-0.4, -0.2) is 35.3 Å². The third kappa shape index (κ3) is 3.50. The van der Waals surface area contributed by atoms with Crippen molar-refractivity contribution in [1.82, 2.24) is 15.5 Å². The smallest absolute Gasteiger partial charge is 0.325 e. The number of hydrogen-bond donors (Lipinski definition) is 2. The number of urea groups is 1. The van der Waals surface area contributed by atoms with Gasteiger partial charge in [0.2, 0.25) is 5.91 Å². The molecule has 0 saturated carbocycles. The van der Waals surface area contributed by atoms with Crippen LogP contribution >= 0.6 is 0 Å². The maximum Gasteiger partial charge on any atom is 0.325 e. The van der Waals surface area contributed by atoms with Crippen molar-refractivity contribution in [1.29, 1.82) is 0 Å². The molecule has 3 rings (SSSR count). The van der Waals surface area contributed by atoms with E-state index < -0.39 is 18.0 Å². The van der Waals surface area contributed by atoms with Crippen molar-refractivity contribution in [3.8, 4) is 0 Å². The lowest BCUT2D eigenvalue weighted by atomic mass is 10.2. The average Bonchev–Trinajstić information content (AvgIpc) is 3.12. The Labute approximate surface area is 145 Å². The second-order valence-electron chi connectivity index (χ2n) is 6.19. The molecule has 4 amide bonds. The number of amides is 4. The minimum absolute atomic E-state index is 0.296. The molecule has 1 aliphatic heterocycles. The lowest BCUT2D eigenvalue weighted by Gasteiger charge is -2.15. The maximum absolute atomic E-state index is 12.2. The first-order chi connectivity index (χ1) is 12.0. The van der Waals surface area contributed by atoms with Crippen molar-refractivity contribution in [3.05, 3.63) is 36.1 Å². The number of rotatable bonds is 6. The number of benzene rings is 1. The molecule has 2 aromatic rings. The van der Waals surface area contributed by atoms with E-state index in [4.69, 9.17) is 4.42 Å². The van der Waals surface area contributed by atoms with Crippen molar-refractivity contribution in [2.75, 3.05) is 6.54 Å². The van der Waals surface area contributed by atoms with E-state index in [0.717, 1.165) is 22.3 Å². The quantitative estimate of drug-likeness (QED) is 0.788. The molecule has 0 bridgehead atoms. The number of para-hydroxylation sites is 1. The molecular weight excluding hydrogens is 322 g/mol. The van der Waals surface area contributed by atoms with Crippen LogP contribution in [0.25, 0.3) is 11.0 Å². The highest BCUT2D eigenvalue weighted by molar-refractivity contribution is 6.06. The summed E-state index contributed by atoms with van der Waals surface area (Å²) in [4.78, 5) is 37.2. The minimum atomic E-state index is -0.530. The van der Waals surface area contributed by atoms with Crippen LogP contribution < -0.4 is 10.6 Å². The van der Waals surface area contributed by atoms with Gasteiger partial charge < -0.3 is 15.1 Å². The number of nitrogens with zero attached hydrogens (tertiary/aromatic N) is 1. The van der Waals surface area contributed by atoms with E-state index in [1.165, 1.54) is 0 Å². The second-order valence-corrected chi connectivity index (χ2v) is 6.19. The molecule has 7 nitrogen and oxygen atoms in total. The van der Waals surface area contributed by atoms with Crippen molar-refractivity contribution in [3.63, 3.8) is 0 Å². The van der Waals surface area contributed by atoms with Gasteiger partial charge in [0, 0.05) is 5.39 Å². The zero-order valence-corrected chi connectivity index (χ0v) is 14.2. The molecule has 0 radical (unpaired) electrons. The summed E-state index contributed by atoms with van der Waals surface area (Å²) in [7, 11) is 0. The van der Waals surface area contributed by atoms with Crippen LogP contribution in [0, 0.1) is 0 Å². The van der Waals surface area contributed by atoms with E-state index in [2.05, 4.69) is 10.6 Å². The molecule has 132 valence electrons. The molecule has 1 aromatic carbocycles. The Kier molecular flexibility index (Phi) is 4.74. The molecule has 0 aliphatic carbocycles. The number of carbonyl (C=O) groups is 3. The molecule has 1 saturated heterocycles. The molecule has 2 unspecified atom stereocenters. The normalized spacial score (nSPS) is 18.5. The Morgan fingerprint density at radius 1 is 1.36 bits per heavy atom. The summed E-state index contributed by atoms with van der Waals surface area (Å²) in [5, 5.41) is 6.32. The monoisotopic (exact) mass is 343 g/mol. The Hall–Kier alpha value is -2.83. The number of hydrogen-bond acceptors (Lipinski definition) is 4. The Morgan fingerprint density at radius 2 is 2.12 bits per heavy atom. The summed E-state index contributed by atoms with van der Waals surface area (Å²) < 4.78 is 5.72. The van der Waals surface area contributed by atoms with Gasteiger partial charge in [-0.1, -0.05) is 31.5 Å². The first kappa shape index (κ1) is 17.0. The Bertz CT molecular complexity index is 781. The third-order valence-corrected chi connectivity index (χ3v) is 4.23. The van der Waals surface area contributed by atoms with Crippen molar-refractivity contribution in [2.24, 2.45) is 0 Å². The Morgan fingerprint density at radius 3 is 2.84 bits per heavy atom. The average molecular weight is 343 g/mol. The molecule has 1 fully saturated rings. The van der Waals surface area contributed by atoms with E-state index in [1.807, 2.05) is 37.3 Å². The van der Waals surface area contributed by atoms with Gasteiger partial charge in [-0.3, -0.25) is 14.5 Å². The van der Waals surface area contributed by atoms with Crippen LogP contribution in [0.15, 0.2) is 34.7 Å². The Balaban J connectivity index is 1.62. The summed E-state index contributed by atoms with van der Waals surface area (Å²) in [5.41, 5.74) is 0.745. The van der Waals surface area contributed by atoms with Gasteiger partial charge in [-0.25, -0.2) is 4.79 Å². The van der Waals surface area contributed by atoms with Crippen LogP contribution in [-0.2, 0) is 9.59 Å². The summed E-state index contributed by atoms with van der Waals surface area (Å²) in [6.45, 7) is 3.43. The third-order valence-electron chi connectivity index (χ3n) is 4.23. The fourth-order valence-corrected chi connectivity index (χ4v) is 2.93. The first-order valence-corrected chi connectivity index (χ1v) is 8.39. The fourth-order valence-electron chi connectivity index (χ4n) is 2.93. The molecule has 0 spiro atoms. The van der Waals surface area contributed by atoms with E-state index >= 15 is 0 Å². The van der Waals surface area contributed by atoms with E-state index in [-0.39, 0.29) is 18.5 Å². The molecular formula is C18H21N3O4. The van der Waals surface area contributed by atoms with Crippen LogP contribution in [0.4, 0.5) is 4.79 Å². The zero-order valence-electron chi connectivity index (χ0n) is 14.2. The minimum Gasteiger partial charge on any atom is -0.459 e. The number of furan rings is 1. The van der Waals surface area contributed by atoms with Crippen molar-refractivity contribution < 1.29 is 18.8 Å². The molecule has 2 heterocycles. The van der Waals surface area contributed by atoms with Gasteiger partial charge in [-0.2, -0.15) is 0 Å². The predicted molar refractivity (Wildman–Crippen MR) is 91.7 cm³/mol. The highest BCUT2D eigenvalue weighted by Crippen LogP contribution is 2.23. The fraction of sp³-hybridized carbons (Fsp3) is 0.389. The van der Waals surface area contributed by atoms with Crippen LogP contribution in [0.3, 0.4) is 0 Å². The van der Waals surface area contributed by atoms with Gasteiger partial charge in [0.15, 0.2) is 0 Å². The maximum atomic E-state index is 12.2. The van der Waals surface area contributed by atoms with Gasteiger partial charge in [-0.15, -0.1) is 0 Å². The van der Waals surface area contributed by atoms with E-state index in [1.54, 1.807) is 6.92 Å². The van der Waals surface area contributed by atoms with E-state index in [9.17, 15) is 14.4 Å². The highest BCUT2D eigenvalue weighted by Gasteiger charge is 2.38. The van der Waals surface area contributed by atoms with Gasteiger partial charge in [-0.05, 0) is 25.5 Å². The van der Waals surface area contributed by atoms with Gasteiger partial charge in [0.1, 0.15) is 23.9 Å². The molecule has 1 aliphatic rings. The molecule has 7 heteroatoms. The topological polar surface area (TPSA) is 91.7 Å². The van der Waals surface area contributed by atoms with Gasteiger partial charge >= 0.3 is 6.03 Å². The zero-order chi connectivity index (χ0) is 18.0. The summed E-state index contributed by atoms with van der Waals surface area (Å²) in [5.74, 6) is -0.136. The van der Waals surface area contributed by atoms with E-state index in [0.29, 0.717) is 12.2 Å². The number of imide groups is 1. The summed E-state index contributed by atoms with van der Waals surface area (Å²) >= 11 is 0. The number of carbonyl (C=O) groups excluding carboxylic acids is 3. The highest BCUT2D eigenvalue weighted by atomic mass is 16.3. The lowest BCUT2D eigenvalue weighted by molar-refractivity contribution is -0.132. The van der Waals surface area contributed by atoms with Gasteiger partial charge in [0.05, 0.1) is 6.04 Å². The predicted octanol–water partition coefficient (Wildman–Crippen LogP) is 2.33. The summed E-state index contributed by atoms with van der Waals surface area (Å²) in [6, 6.07) is 8.02. The van der Waals surface area contributed by atoms with Crippen LogP contribution in [0.2, 0.25) is 0 Å². The molecule has 2 N–H and O–H groups in total. The lowest BCUT2D eigenvalue weighted by Crippen LogP contribution is -2.41. The standard InChI is InChI=1S/C18H21N3O4/c1-3-6-13-17(23)21(18(24)20-13)10-16(22)19-11(2)15-9-12-7-4-5-8-14(12)25-15/h4-5,7-9,11,13H,3,6,10H2,1-2H3,(H,19,22)(H,20,24). The summed E-state index contributed by atoms with van der Waals surface area (Å²) in [6.07, 6.45) is 1.35. The molecule has 1 aromatic heterocycles. The SMILES string of the molecule is CCCC1NC(=O)N(CC(=O)NC(C)c2cc3ccccc3o2)C1=O. The number of fused-ring (bicyclic) bond motifs is 1. The largest absolute Gasteiger partial charge is 0.459 e. The van der Waals surface area contributed by atoms with Crippen molar-refractivity contribution in [2.45, 2.75) is 38.8 Å². The molecule has 25 heavy (non-hydrogen) atoms. The van der Waals surface area contributed by atoms with Crippen LogP contribution in [0.5, 0.6) is 0 Å². The van der Waals surface area contributed by atoms with Gasteiger partial charge in [0.25, 0.3) is 5.91 Å². The molecule has 2 atom stereocenters. The van der Waals surface area contributed by atoms with Crippen molar-refractivity contribution >= 4 is 28.8 Å².